The zero-order valence-corrected chi connectivity index (χ0v) is 9.07. The van der Waals surface area contributed by atoms with Gasteiger partial charge < -0.3 is 9.84 Å². The average Bonchev–Trinajstić information content (AvgIpc) is 2.54. The summed E-state index contributed by atoms with van der Waals surface area (Å²) in [5, 5.41) is 6.78. The first-order valence-electron chi connectivity index (χ1n) is 4.63. The van der Waals surface area contributed by atoms with Gasteiger partial charge in [-0.2, -0.15) is 0 Å². The quantitative estimate of drug-likeness (QED) is 0.462. The molecule has 0 atom stereocenters. The van der Waals surface area contributed by atoms with Gasteiger partial charge in [-0.3, -0.25) is 4.79 Å². The van der Waals surface area contributed by atoms with E-state index in [0.29, 0.717) is 0 Å². The molecule has 0 aliphatic rings. The topological polar surface area (TPSA) is 55.1 Å². The Morgan fingerprint density at radius 2 is 2.20 bits per heavy atom. The summed E-state index contributed by atoms with van der Waals surface area (Å²) < 4.78 is 5.06. The molecule has 1 rings (SSSR count). The van der Waals surface area contributed by atoms with E-state index in [1.54, 1.807) is 19.3 Å². The number of nitrogens with zero attached hydrogens (tertiary/aromatic N) is 1. The average molecular weight is 206 g/mol. The number of carbonyl (C=O) groups excluding carboxylic acids is 1. The van der Waals surface area contributed by atoms with E-state index in [2.05, 4.69) is 10.5 Å². The van der Waals surface area contributed by atoms with Crippen LogP contribution in [0.25, 0.3) is 5.57 Å². The number of aldehydes is 1. The standard InChI is InChI=1S/C11H14N2O2/c1-8-11(9(2)15-13-8)10(7-12-3)5-4-6-14/h4-7,12H,1-3H3/b5-4-,10-7+. The molecular weight excluding hydrogens is 192 g/mol. The Morgan fingerprint density at radius 3 is 2.67 bits per heavy atom. The molecule has 0 saturated heterocycles. The Morgan fingerprint density at radius 1 is 1.47 bits per heavy atom. The van der Waals surface area contributed by atoms with Crippen LogP contribution in [0.15, 0.2) is 22.9 Å². The highest BCUT2D eigenvalue weighted by Gasteiger charge is 2.11. The maximum Gasteiger partial charge on any atom is 0.142 e. The third kappa shape index (κ3) is 2.56. The van der Waals surface area contributed by atoms with Crippen LogP contribution in [0.3, 0.4) is 0 Å². The minimum atomic E-state index is 0.738. The zero-order chi connectivity index (χ0) is 11.3. The van der Waals surface area contributed by atoms with E-state index in [9.17, 15) is 4.79 Å². The van der Waals surface area contributed by atoms with E-state index >= 15 is 0 Å². The first-order valence-corrected chi connectivity index (χ1v) is 4.63. The van der Waals surface area contributed by atoms with Crippen LogP contribution in [0.2, 0.25) is 0 Å². The first kappa shape index (κ1) is 11.2. The number of allylic oxidation sites excluding steroid dienone is 3. The number of carbonyl (C=O) groups is 1. The van der Waals surface area contributed by atoms with Crippen molar-refractivity contribution in [3.8, 4) is 0 Å². The first-order chi connectivity index (χ1) is 7.20. The van der Waals surface area contributed by atoms with E-state index in [1.807, 2.05) is 13.8 Å². The Hall–Kier alpha value is -1.84. The van der Waals surface area contributed by atoms with Gasteiger partial charge in [0, 0.05) is 24.4 Å². The fraction of sp³-hybridized carbons (Fsp3) is 0.273. The molecule has 0 saturated carbocycles. The molecule has 15 heavy (non-hydrogen) atoms. The van der Waals surface area contributed by atoms with Gasteiger partial charge >= 0.3 is 0 Å². The highest BCUT2D eigenvalue weighted by molar-refractivity contribution is 5.80. The predicted molar refractivity (Wildman–Crippen MR) is 58.2 cm³/mol. The van der Waals surface area contributed by atoms with Gasteiger partial charge in [0.25, 0.3) is 0 Å². The number of nitrogens with one attached hydrogen (secondary N) is 1. The third-order valence-corrected chi connectivity index (χ3v) is 1.98. The molecule has 1 heterocycles. The molecule has 0 unspecified atom stereocenters. The van der Waals surface area contributed by atoms with Crippen molar-refractivity contribution < 1.29 is 9.32 Å². The van der Waals surface area contributed by atoms with Gasteiger partial charge in [0.15, 0.2) is 0 Å². The number of hydrogen-bond donors (Lipinski definition) is 1. The van der Waals surface area contributed by atoms with Gasteiger partial charge in [-0.05, 0) is 26.0 Å². The van der Waals surface area contributed by atoms with E-state index in [0.717, 1.165) is 28.9 Å². The molecule has 0 fully saturated rings. The lowest BCUT2D eigenvalue weighted by Gasteiger charge is -2.00. The van der Waals surface area contributed by atoms with E-state index in [-0.39, 0.29) is 0 Å². The number of aryl methyl sites for hydroxylation is 2. The number of rotatable bonds is 4. The van der Waals surface area contributed by atoms with E-state index in [4.69, 9.17) is 4.52 Å². The molecule has 0 amide bonds. The van der Waals surface area contributed by atoms with Crippen molar-refractivity contribution in [2.75, 3.05) is 7.05 Å². The van der Waals surface area contributed by atoms with Crippen LogP contribution in [0, 0.1) is 13.8 Å². The minimum Gasteiger partial charge on any atom is -0.393 e. The molecule has 0 radical (unpaired) electrons. The van der Waals surface area contributed by atoms with Crippen LogP contribution in [-0.2, 0) is 4.79 Å². The summed E-state index contributed by atoms with van der Waals surface area (Å²) >= 11 is 0. The van der Waals surface area contributed by atoms with Crippen LogP contribution in [0.5, 0.6) is 0 Å². The third-order valence-electron chi connectivity index (χ3n) is 1.98. The van der Waals surface area contributed by atoms with Crippen molar-refractivity contribution in [2.24, 2.45) is 0 Å². The Kier molecular flexibility index (Phi) is 3.85. The van der Waals surface area contributed by atoms with Gasteiger partial charge in [0.05, 0.1) is 5.69 Å². The van der Waals surface area contributed by atoms with Crippen LogP contribution < -0.4 is 5.32 Å². The Labute approximate surface area is 88.6 Å². The molecule has 80 valence electrons. The molecule has 0 spiro atoms. The van der Waals surface area contributed by atoms with Crippen molar-refractivity contribution in [1.29, 1.82) is 0 Å². The maximum absolute atomic E-state index is 10.3. The highest BCUT2D eigenvalue weighted by atomic mass is 16.5. The predicted octanol–water partition coefficient (Wildman–Crippen LogP) is 1.61. The van der Waals surface area contributed by atoms with Gasteiger partial charge in [-0.15, -0.1) is 0 Å². The summed E-state index contributed by atoms with van der Waals surface area (Å²) in [5.74, 6) is 0.740. The van der Waals surface area contributed by atoms with Crippen molar-refractivity contribution in [3.63, 3.8) is 0 Å². The largest absolute Gasteiger partial charge is 0.393 e. The summed E-state index contributed by atoms with van der Waals surface area (Å²) in [5.41, 5.74) is 2.60. The van der Waals surface area contributed by atoms with Crippen molar-refractivity contribution >= 4 is 11.9 Å². The van der Waals surface area contributed by atoms with Crippen LogP contribution >= 0.6 is 0 Å². The molecule has 0 bridgehead atoms. The number of aromatic nitrogens is 1. The molecule has 4 heteroatoms. The summed E-state index contributed by atoms with van der Waals surface area (Å²) in [7, 11) is 1.80. The van der Waals surface area contributed by atoms with Gasteiger partial charge in [-0.1, -0.05) is 5.16 Å². The maximum atomic E-state index is 10.3. The summed E-state index contributed by atoms with van der Waals surface area (Å²) in [6, 6.07) is 0. The second-order valence-electron chi connectivity index (χ2n) is 3.08. The molecular formula is C11H14N2O2. The fourth-order valence-electron chi connectivity index (χ4n) is 1.40. The monoisotopic (exact) mass is 206 g/mol. The lowest BCUT2D eigenvalue weighted by atomic mass is 10.1. The lowest BCUT2D eigenvalue weighted by Crippen LogP contribution is -1.96. The van der Waals surface area contributed by atoms with E-state index in [1.165, 1.54) is 6.08 Å². The van der Waals surface area contributed by atoms with Crippen LogP contribution in [0.1, 0.15) is 17.0 Å². The minimum absolute atomic E-state index is 0.738. The van der Waals surface area contributed by atoms with E-state index < -0.39 is 0 Å². The van der Waals surface area contributed by atoms with Gasteiger partial charge in [-0.25, -0.2) is 0 Å². The van der Waals surface area contributed by atoms with Gasteiger partial charge in [0.2, 0.25) is 0 Å². The molecule has 4 nitrogen and oxygen atoms in total. The summed E-state index contributed by atoms with van der Waals surface area (Å²) in [6.07, 6.45) is 5.69. The molecule has 0 aliphatic heterocycles. The highest BCUT2D eigenvalue weighted by Crippen LogP contribution is 2.22. The van der Waals surface area contributed by atoms with Crippen LogP contribution in [-0.4, -0.2) is 18.5 Å². The summed E-state index contributed by atoms with van der Waals surface area (Å²) in [6.45, 7) is 3.71. The fourth-order valence-corrected chi connectivity index (χ4v) is 1.40. The SMILES string of the molecule is CN/C=C(\C=C/C=O)c1c(C)noc1C. The zero-order valence-electron chi connectivity index (χ0n) is 9.07. The second-order valence-corrected chi connectivity index (χ2v) is 3.08. The molecule has 1 aromatic heterocycles. The van der Waals surface area contributed by atoms with Crippen molar-refractivity contribution in [3.05, 3.63) is 35.4 Å². The Bertz CT molecular complexity index is 383. The molecule has 0 aliphatic carbocycles. The number of hydrogen-bond acceptors (Lipinski definition) is 4. The van der Waals surface area contributed by atoms with Crippen molar-refractivity contribution in [1.82, 2.24) is 10.5 Å². The summed E-state index contributed by atoms with van der Waals surface area (Å²) in [4.78, 5) is 10.3. The van der Waals surface area contributed by atoms with Gasteiger partial charge in [0.1, 0.15) is 12.0 Å². The van der Waals surface area contributed by atoms with Crippen molar-refractivity contribution in [2.45, 2.75) is 13.8 Å². The smallest absolute Gasteiger partial charge is 0.142 e. The molecule has 1 N–H and O–H groups in total. The molecule has 0 aromatic carbocycles. The Balaban J connectivity index is 3.15. The lowest BCUT2D eigenvalue weighted by molar-refractivity contribution is -0.104. The van der Waals surface area contributed by atoms with Crippen LogP contribution in [0.4, 0.5) is 0 Å². The normalized spacial score (nSPS) is 12.1. The second kappa shape index (κ2) is 5.14. The molecule has 1 aromatic rings.